The van der Waals surface area contributed by atoms with Gasteiger partial charge in [0.05, 0.1) is 0 Å². The zero-order chi connectivity index (χ0) is 7.56. The van der Waals surface area contributed by atoms with Gasteiger partial charge in [-0.05, 0) is 0 Å². The van der Waals surface area contributed by atoms with Gasteiger partial charge in [0.2, 0.25) is 0 Å². The van der Waals surface area contributed by atoms with Crippen LogP contribution in [0, 0.1) is 0 Å². The first-order chi connectivity index (χ1) is 4.75. The van der Waals surface area contributed by atoms with Crippen LogP contribution >= 0.6 is 25.3 Å². The first kappa shape index (κ1) is 7.68. The predicted octanol–water partition coefficient (Wildman–Crippen LogP) is 1.04. The fourth-order valence-electron chi connectivity index (χ4n) is 0.579. The maximum atomic E-state index is 4.05. The van der Waals surface area contributed by atoms with Crippen LogP contribution < -0.4 is 0 Å². The zero-order valence-electron chi connectivity index (χ0n) is 5.23. The van der Waals surface area contributed by atoms with E-state index in [0.717, 1.165) is 0 Å². The maximum absolute atomic E-state index is 4.05. The molecule has 0 aliphatic heterocycles. The number of nitrogens with zero attached hydrogens (tertiary/aromatic N) is 3. The summed E-state index contributed by atoms with van der Waals surface area (Å²) in [6, 6.07) is 0. The normalized spacial score (nSPS) is 9.80. The minimum atomic E-state index is 0.560. The van der Waals surface area contributed by atoms with Crippen molar-refractivity contribution in [3.63, 3.8) is 0 Å². The van der Waals surface area contributed by atoms with Gasteiger partial charge in [-0.2, -0.15) is 0 Å². The van der Waals surface area contributed by atoms with E-state index in [4.69, 9.17) is 0 Å². The maximum Gasteiger partial charge on any atom is 0.189 e. The summed E-state index contributed by atoms with van der Waals surface area (Å²) < 4.78 is 1.74. The first-order valence-corrected chi connectivity index (χ1v) is 3.57. The van der Waals surface area contributed by atoms with Crippen LogP contribution in [0.15, 0.2) is 23.0 Å². The van der Waals surface area contributed by atoms with Crippen LogP contribution in [0.2, 0.25) is 0 Å². The lowest BCUT2D eigenvalue weighted by Crippen LogP contribution is -1.95. The topological polar surface area (TPSA) is 30.7 Å². The van der Waals surface area contributed by atoms with Gasteiger partial charge in [0.1, 0.15) is 0 Å². The Hall–Kier alpha value is -0.420. The van der Waals surface area contributed by atoms with Crippen molar-refractivity contribution >= 4 is 25.3 Å². The van der Waals surface area contributed by atoms with E-state index < -0.39 is 0 Å². The van der Waals surface area contributed by atoms with Crippen LogP contribution in [-0.2, 0) is 6.54 Å². The lowest BCUT2D eigenvalue weighted by molar-refractivity contribution is 0.667. The second-order valence-electron chi connectivity index (χ2n) is 1.70. The van der Waals surface area contributed by atoms with Gasteiger partial charge in [0, 0.05) is 6.54 Å². The summed E-state index contributed by atoms with van der Waals surface area (Å²) in [5.74, 6) is 0. The van der Waals surface area contributed by atoms with Crippen molar-refractivity contribution in [3.8, 4) is 0 Å². The third-order valence-corrected chi connectivity index (χ3v) is 1.69. The SMILES string of the molecule is C=CCn1c(S)nnc1S. The summed E-state index contributed by atoms with van der Waals surface area (Å²) in [6.07, 6.45) is 1.74. The molecule has 1 aromatic heterocycles. The van der Waals surface area contributed by atoms with E-state index in [-0.39, 0.29) is 0 Å². The van der Waals surface area contributed by atoms with Crippen molar-refractivity contribution in [2.75, 3.05) is 0 Å². The molecule has 54 valence electrons. The molecule has 0 spiro atoms. The Labute approximate surface area is 70.0 Å². The predicted molar refractivity (Wildman–Crippen MR) is 44.7 cm³/mol. The van der Waals surface area contributed by atoms with Crippen molar-refractivity contribution in [2.45, 2.75) is 16.9 Å². The number of hydrogen-bond acceptors (Lipinski definition) is 4. The second-order valence-corrected chi connectivity index (χ2v) is 2.50. The van der Waals surface area contributed by atoms with Gasteiger partial charge in [-0.15, -0.1) is 42.0 Å². The number of rotatable bonds is 2. The third-order valence-electron chi connectivity index (χ3n) is 1.02. The highest BCUT2D eigenvalue weighted by Gasteiger charge is 2.01. The summed E-state index contributed by atoms with van der Waals surface area (Å²) >= 11 is 8.09. The van der Waals surface area contributed by atoms with Crippen molar-refractivity contribution < 1.29 is 0 Å². The number of aromatic nitrogens is 3. The molecule has 5 heteroatoms. The molecule has 0 bridgehead atoms. The molecule has 1 aromatic rings. The molecule has 3 nitrogen and oxygen atoms in total. The Balaban J connectivity index is 2.97. The van der Waals surface area contributed by atoms with Crippen molar-refractivity contribution in [3.05, 3.63) is 12.7 Å². The van der Waals surface area contributed by atoms with Gasteiger partial charge >= 0.3 is 0 Å². The molecule has 0 N–H and O–H groups in total. The Bertz CT molecular complexity index is 224. The van der Waals surface area contributed by atoms with Crippen LogP contribution in [0.5, 0.6) is 0 Å². The van der Waals surface area contributed by atoms with Crippen molar-refractivity contribution in [1.29, 1.82) is 0 Å². The average molecular weight is 173 g/mol. The standard InChI is InChI=1S/C5H7N3S2/c1-2-3-8-4(9)6-7-5(8)10/h2H,1,3H2,(H,6,9)(H,7,10). The summed E-state index contributed by atoms with van der Waals surface area (Å²) in [4.78, 5) is 0. The highest BCUT2D eigenvalue weighted by Crippen LogP contribution is 2.08. The van der Waals surface area contributed by atoms with Gasteiger partial charge in [-0.3, -0.25) is 4.57 Å². The monoisotopic (exact) mass is 173 g/mol. The molecule has 0 aromatic carbocycles. The Kier molecular flexibility index (Phi) is 2.39. The van der Waals surface area contributed by atoms with E-state index in [1.807, 2.05) is 0 Å². The molecule has 0 radical (unpaired) electrons. The van der Waals surface area contributed by atoms with E-state index in [1.54, 1.807) is 10.6 Å². The average Bonchev–Trinajstić information content (AvgIpc) is 2.20. The molecule has 0 saturated carbocycles. The van der Waals surface area contributed by atoms with Crippen LogP contribution in [0.1, 0.15) is 0 Å². The molecule has 0 aliphatic carbocycles. The van der Waals surface area contributed by atoms with Gasteiger partial charge in [0.25, 0.3) is 0 Å². The highest BCUT2D eigenvalue weighted by atomic mass is 32.1. The minimum Gasteiger partial charge on any atom is -0.294 e. The number of thiol groups is 2. The Morgan fingerprint density at radius 3 is 2.30 bits per heavy atom. The molecule has 0 amide bonds. The van der Waals surface area contributed by atoms with E-state index >= 15 is 0 Å². The lowest BCUT2D eigenvalue weighted by Gasteiger charge is -1.97. The molecule has 0 atom stereocenters. The van der Waals surface area contributed by atoms with E-state index in [2.05, 4.69) is 42.0 Å². The van der Waals surface area contributed by atoms with E-state index in [0.29, 0.717) is 16.9 Å². The van der Waals surface area contributed by atoms with Crippen LogP contribution in [0.25, 0.3) is 0 Å². The van der Waals surface area contributed by atoms with Crippen molar-refractivity contribution in [1.82, 2.24) is 14.8 Å². The smallest absolute Gasteiger partial charge is 0.189 e. The van der Waals surface area contributed by atoms with Gasteiger partial charge in [0.15, 0.2) is 10.3 Å². The number of allylic oxidation sites excluding steroid dienone is 1. The number of hydrogen-bond donors (Lipinski definition) is 2. The first-order valence-electron chi connectivity index (χ1n) is 2.67. The molecule has 10 heavy (non-hydrogen) atoms. The Morgan fingerprint density at radius 2 is 1.90 bits per heavy atom. The quantitative estimate of drug-likeness (QED) is 0.517. The van der Waals surface area contributed by atoms with Crippen LogP contribution in [0.3, 0.4) is 0 Å². The molecule has 0 saturated heterocycles. The summed E-state index contributed by atoms with van der Waals surface area (Å²) in [5.41, 5.74) is 0. The molecule has 1 rings (SSSR count). The molecule has 1 heterocycles. The highest BCUT2D eigenvalue weighted by molar-refractivity contribution is 7.80. The zero-order valence-corrected chi connectivity index (χ0v) is 7.02. The summed E-state index contributed by atoms with van der Waals surface area (Å²) in [5, 5.41) is 8.50. The third kappa shape index (κ3) is 1.35. The second kappa shape index (κ2) is 3.12. The minimum absolute atomic E-state index is 0.560. The summed E-state index contributed by atoms with van der Waals surface area (Å²) in [7, 11) is 0. The van der Waals surface area contributed by atoms with Gasteiger partial charge < -0.3 is 0 Å². The van der Waals surface area contributed by atoms with E-state index in [1.165, 1.54) is 0 Å². The van der Waals surface area contributed by atoms with Crippen LogP contribution in [0.4, 0.5) is 0 Å². The molecular weight excluding hydrogens is 166 g/mol. The van der Waals surface area contributed by atoms with Gasteiger partial charge in [-0.25, -0.2) is 0 Å². The molecular formula is C5H7N3S2. The molecule has 0 aliphatic rings. The Morgan fingerprint density at radius 1 is 1.40 bits per heavy atom. The van der Waals surface area contributed by atoms with E-state index in [9.17, 15) is 0 Å². The molecule has 0 fully saturated rings. The fourth-order valence-corrected chi connectivity index (χ4v) is 1.10. The fraction of sp³-hybridized carbons (Fsp3) is 0.200. The lowest BCUT2D eigenvalue weighted by atomic mass is 10.6. The summed E-state index contributed by atoms with van der Waals surface area (Å²) in [6.45, 7) is 4.22. The van der Waals surface area contributed by atoms with Crippen molar-refractivity contribution in [2.24, 2.45) is 0 Å². The van der Waals surface area contributed by atoms with Crippen LogP contribution in [-0.4, -0.2) is 14.8 Å². The van der Waals surface area contributed by atoms with Gasteiger partial charge in [-0.1, -0.05) is 6.08 Å². The molecule has 0 unspecified atom stereocenters. The largest absolute Gasteiger partial charge is 0.294 e.